The lowest BCUT2D eigenvalue weighted by Gasteiger charge is -2.34. The van der Waals surface area contributed by atoms with Crippen LogP contribution in [0.2, 0.25) is 0 Å². The summed E-state index contributed by atoms with van der Waals surface area (Å²) in [6.07, 6.45) is -0.199. The maximum atomic E-state index is 13.6. The molecule has 0 saturated carbocycles. The largest absolute Gasteiger partial charge is 0.459 e. The molecule has 0 aromatic heterocycles. The highest BCUT2D eigenvalue weighted by Gasteiger charge is 2.44. The van der Waals surface area contributed by atoms with Gasteiger partial charge in [-0.05, 0) is 35.4 Å². The molecule has 2 amide bonds. The molecule has 2 aromatic carbocycles. The maximum absolute atomic E-state index is 13.6. The van der Waals surface area contributed by atoms with Crippen LogP contribution in [0.15, 0.2) is 60.7 Å². The average Bonchev–Trinajstić information content (AvgIpc) is 3.18. The van der Waals surface area contributed by atoms with E-state index in [1.165, 1.54) is 4.90 Å². The average molecular weight is 453 g/mol. The lowest BCUT2D eigenvalue weighted by molar-refractivity contribution is -0.155. The van der Waals surface area contributed by atoms with Gasteiger partial charge in [-0.3, -0.25) is 4.79 Å². The molecule has 2 aromatic rings. The van der Waals surface area contributed by atoms with E-state index in [0.29, 0.717) is 18.7 Å². The van der Waals surface area contributed by atoms with Crippen LogP contribution in [-0.2, 0) is 20.9 Å². The summed E-state index contributed by atoms with van der Waals surface area (Å²) in [6, 6.07) is 16.5. The number of hydrogen-bond donors (Lipinski definition) is 1. The molecule has 1 saturated heterocycles. The minimum Gasteiger partial charge on any atom is -0.459 e. The van der Waals surface area contributed by atoms with Crippen LogP contribution >= 0.6 is 0 Å². The van der Waals surface area contributed by atoms with Crippen molar-refractivity contribution in [3.8, 4) is 5.75 Å². The smallest absolute Gasteiger partial charge is 0.413 e. The SMILES string of the molecule is C[C@@H]1C[C@@H](C(=O)OCc2ccccc2)N(C(=O)[C@@H](NC(=O)Oc2ccccc2)C(C)(C)C)C1. The Morgan fingerprint density at radius 2 is 1.64 bits per heavy atom. The number of carbonyl (C=O) groups is 3. The minimum absolute atomic E-state index is 0.139. The first-order valence-corrected chi connectivity index (χ1v) is 11.2. The second-order valence-corrected chi connectivity index (χ2v) is 9.59. The van der Waals surface area contributed by atoms with Crippen molar-refractivity contribution in [1.82, 2.24) is 10.2 Å². The Labute approximate surface area is 195 Å². The number of carbonyl (C=O) groups excluding carboxylic acids is 3. The van der Waals surface area contributed by atoms with Gasteiger partial charge in [-0.15, -0.1) is 0 Å². The van der Waals surface area contributed by atoms with E-state index in [2.05, 4.69) is 5.32 Å². The zero-order valence-electron chi connectivity index (χ0n) is 19.6. The molecule has 0 unspecified atom stereocenters. The van der Waals surface area contributed by atoms with Crippen LogP contribution in [0.4, 0.5) is 4.79 Å². The van der Waals surface area contributed by atoms with E-state index in [1.807, 2.05) is 64.1 Å². The predicted molar refractivity (Wildman–Crippen MR) is 124 cm³/mol. The fraction of sp³-hybridized carbons (Fsp3) is 0.423. The zero-order chi connectivity index (χ0) is 24.0. The van der Waals surface area contributed by atoms with E-state index in [1.54, 1.807) is 24.3 Å². The summed E-state index contributed by atoms with van der Waals surface area (Å²) in [5, 5.41) is 2.71. The molecule has 0 aliphatic carbocycles. The van der Waals surface area contributed by atoms with Crippen molar-refractivity contribution in [3.63, 3.8) is 0 Å². The van der Waals surface area contributed by atoms with E-state index in [0.717, 1.165) is 5.56 Å². The molecule has 3 rings (SSSR count). The molecule has 0 radical (unpaired) electrons. The number of ether oxygens (including phenoxy) is 2. The second-order valence-electron chi connectivity index (χ2n) is 9.59. The molecule has 33 heavy (non-hydrogen) atoms. The van der Waals surface area contributed by atoms with Gasteiger partial charge in [-0.2, -0.15) is 0 Å². The predicted octanol–water partition coefficient (Wildman–Crippen LogP) is 4.17. The molecule has 3 atom stereocenters. The Balaban J connectivity index is 1.70. The highest BCUT2D eigenvalue weighted by atomic mass is 16.6. The van der Waals surface area contributed by atoms with E-state index in [9.17, 15) is 14.4 Å². The summed E-state index contributed by atoms with van der Waals surface area (Å²) in [5.41, 5.74) is 0.282. The van der Waals surface area contributed by atoms with Crippen molar-refractivity contribution < 1.29 is 23.9 Å². The highest BCUT2D eigenvalue weighted by molar-refractivity contribution is 5.91. The summed E-state index contributed by atoms with van der Waals surface area (Å²) in [4.78, 5) is 40.5. The van der Waals surface area contributed by atoms with Crippen molar-refractivity contribution in [1.29, 1.82) is 0 Å². The standard InChI is InChI=1S/C26H32N2O5/c1-18-15-21(24(30)32-17-19-11-7-5-8-12-19)28(16-18)23(29)22(26(2,3)4)27-25(31)33-20-13-9-6-10-14-20/h5-14,18,21-22H,15-17H2,1-4H3,(H,27,31)/t18-,21+,22-/m1/s1. The fourth-order valence-electron chi connectivity index (χ4n) is 3.90. The van der Waals surface area contributed by atoms with Crippen molar-refractivity contribution in [2.45, 2.75) is 52.8 Å². The van der Waals surface area contributed by atoms with Gasteiger partial charge >= 0.3 is 12.1 Å². The molecule has 1 aliphatic heterocycles. The Kier molecular flexibility index (Phi) is 7.74. The van der Waals surface area contributed by atoms with Gasteiger partial charge in [0.2, 0.25) is 5.91 Å². The third-order valence-corrected chi connectivity index (χ3v) is 5.62. The molecule has 176 valence electrons. The van der Waals surface area contributed by atoms with E-state index >= 15 is 0 Å². The van der Waals surface area contributed by atoms with Gasteiger partial charge in [0.25, 0.3) is 0 Å². The summed E-state index contributed by atoms with van der Waals surface area (Å²) >= 11 is 0. The molecule has 0 bridgehead atoms. The second kappa shape index (κ2) is 10.5. The minimum atomic E-state index is -0.872. The van der Waals surface area contributed by atoms with Gasteiger partial charge in [-0.25, -0.2) is 9.59 Å². The first-order valence-electron chi connectivity index (χ1n) is 11.2. The van der Waals surface area contributed by atoms with Gasteiger partial charge in [0.05, 0.1) is 0 Å². The Hall–Kier alpha value is -3.35. The van der Waals surface area contributed by atoms with E-state index < -0.39 is 29.6 Å². The van der Waals surface area contributed by atoms with Gasteiger partial charge in [0.1, 0.15) is 24.4 Å². The number of esters is 1. The summed E-state index contributed by atoms with van der Waals surface area (Å²) in [7, 11) is 0. The topological polar surface area (TPSA) is 84.9 Å². The zero-order valence-corrected chi connectivity index (χ0v) is 19.6. The van der Waals surface area contributed by atoms with Crippen LogP contribution in [0, 0.1) is 11.3 Å². The lowest BCUT2D eigenvalue weighted by atomic mass is 9.85. The van der Waals surface area contributed by atoms with Gasteiger partial charge in [0, 0.05) is 6.54 Å². The highest BCUT2D eigenvalue weighted by Crippen LogP contribution is 2.29. The first-order chi connectivity index (χ1) is 15.6. The molecule has 7 nitrogen and oxygen atoms in total. The molecular weight excluding hydrogens is 420 g/mol. The van der Waals surface area contributed by atoms with Crippen LogP contribution < -0.4 is 10.1 Å². The molecular formula is C26H32N2O5. The summed E-state index contributed by atoms with van der Waals surface area (Å²) in [6.45, 7) is 8.15. The van der Waals surface area contributed by atoms with Crippen LogP contribution in [0.25, 0.3) is 0 Å². The number of hydrogen-bond acceptors (Lipinski definition) is 5. The van der Waals surface area contributed by atoms with Gasteiger partial charge < -0.3 is 19.7 Å². The molecule has 7 heteroatoms. The quantitative estimate of drug-likeness (QED) is 0.665. The third kappa shape index (κ3) is 6.57. The maximum Gasteiger partial charge on any atom is 0.413 e. The fourth-order valence-corrected chi connectivity index (χ4v) is 3.90. The number of rotatable bonds is 6. The number of likely N-dealkylation sites (tertiary alicyclic amines) is 1. The lowest BCUT2D eigenvalue weighted by Crippen LogP contribution is -2.57. The van der Waals surface area contributed by atoms with Crippen molar-refractivity contribution in [3.05, 3.63) is 66.2 Å². The summed E-state index contributed by atoms with van der Waals surface area (Å²) < 4.78 is 10.8. The number of para-hydroxylation sites is 1. The van der Waals surface area contributed by atoms with Crippen molar-refractivity contribution >= 4 is 18.0 Å². The molecule has 0 spiro atoms. The number of benzene rings is 2. The van der Waals surface area contributed by atoms with E-state index in [4.69, 9.17) is 9.47 Å². The van der Waals surface area contributed by atoms with Crippen LogP contribution in [0.5, 0.6) is 5.75 Å². The monoisotopic (exact) mass is 452 g/mol. The number of amides is 2. The van der Waals surface area contributed by atoms with Crippen LogP contribution in [-0.4, -0.2) is 41.5 Å². The Morgan fingerprint density at radius 3 is 2.24 bits per heavy atom. The van der Waals surface area contributed by atoms with Crippen LogP contribution in [0.3, 0.4) is 0 Å². The van der Waals surface area contributed by atoms with E-state index in [-0.39, 0.29) is 18.4 Å². The molecule has 1 fully saturated rings. The Bertz CT molecular complexity index is 956. The third-order valence-electron chi connectivity index (χ3n) is 5.62. The van der Waals surface area contributed by atoms with Crippen molar-refractivity contribution in [2.75, 3.05) is 6.54 Å². The van der Waals surface area contributed by atoms with Gasteiger partial charge in [-0.1, -0.05) is 76.2 Å². The van der Waals surface area contributed by atoms with Gasteiger partial charge in [0.15, 0.2) is 0 Å². The normalized spacial score (nSPS) is 19.0. The first kappa shape index (κ1) is 24.3. The molecule has 1 N–H and O–H groups in total. The molecule has 1 aliphatic rings. The van der Waals surface area contributed by atoms with Crippen molar-refractivity contribution in [2.24, 2.45) is 11.3 Å². The molecule has 1 heterocycles. The summed E-state index contributed by atoms with van der Waals surface area (Å²) in [5.74, 6) is -0.234. The number of nitrogens with zero attached hydrogens (tertiary/aromatic N) is 1. The number of nitrogens with one attached hydrogen (secondary N) is 1. The Morgan fingerprint density at radius 1 is 1.03 bits per heavy atom. The van der Waals surface area contributed by atoms with Crippen LogP contribution in [0.1, 0.15) is 39.7 Å².